The number of nitrogens with one attached hydrogen (secondary N) is 1. The first kappa shape index (κ1) is 15.8. The summed E-state index contributed by atoms with van der Waals surface area (Å²) in [6.45, 7) is 1.30. The number of hydrogen-bond donors (Lipinski definition) is 4. The van der Waals surface area contributed by atoms with Gasteiger partial charge in [-0.3, -0.25) is 4.90 Å². The van der Waals surface area contributed by atoms with Gasteiger partial charge < -0.3 is 25.4 Å². The third-order valence-electron chi connectivity index (χ3n) is 3.70. The minimum atomic E-state index is -0.482. The lowest BCUT2D eigenvalue weighted by atomic mass is 9.85. The Bertz CT molecular complexity index is 230. The first-order valence-corrected chi connectivity index (χ1v) is 6.50. The van der Waals surface area contributed by atoms with Crippen molar-refractivity contribution in [2.24, 2.45) is 0 Å². The second-order valence-corrected chi connectivity index (χ2v) is 4.87. The highest BCUT2D eigenvalue weighted by molar-refractivity contribution is 4.95. The normalized spacial score (nSPS) is 33.0. The Morgan fingerprint density at radius 3 is 2.56 bits per heavy atom. The Balaban J connectivity index is 2.64. The van der Waals surface area contributed by atoms with Crippen molar-refractivity contribution in [3.8, 4) is 0 Å². The molecule has 4 atom stereocenters. The molecule has 0 saturated heterocycles. The van der Waals surface area contributed by atoms with Gasteiger partial charge >= 0.3 is 0 Å². The molecule has 0 aromatic heterocycles. The molecule has 0 radical (unpaired) electrons. The lowest BCUT2D eigenvalue weighted by Gasteiger charge is -2.43. The average Bonchev–Trinajstić information content (AvgIpc) is 2.36. The molecule has 18 heavy (non-hydrogen) atoms. The molecule has 0 amide bonds. The van der Waals surface area contributed by atoms with Gasteiger partial charge in [0.15, 0.2) is 0 Å². The molecule has 1 saturated carbocycles. The van der Waals surface area contributed by atoms with Crippen molar-refractivity contribution in [3.05, 3.63) is 0 Å². The van der Waals surface area contributed by atoms with E-state index in [1.165, 1.54) is 0 Å². The Kier molecular flexibility index (Phi) is 7.06. The van der Waals surface area contributed by atoms with Crippen molar-refractivity contribution in [1.29, 1.82) is 0 Å². The molecule has 1 fully saturated rings. The molecule has 4 N–H and O–H groups in total. The molecule has 0 aliphatic heterocycles. The maximum absolute atomic E-state index is 9.97. The fraction of sp³-hybridized carbons (Fsp3) is 1.00. The van der Waals surface area contributed by atoms with Crippen LogP contribution in [-0.4, -0.2) is 85.0 Å². The Morgan fingerprint density at radius 1 is 1.28 bits per heavy atom. The highest BCUT2D eigenvalue weighted by Crippen LogP contribution is 2.25. The Labute approximate surface area is 109 Å². The van der Waals surface area contributed by atoms with Gasteiger partial charge in [-0.2, -0.15) is 0 Å². The molecule has 0 aromatic carbocycles. The van der Waals surface area contributed by atoms with Gasteiger partial charge in [0.25, 0.3) is 0 Å². The number of methoxy groups -OCH3 is 1. The highest BCUT2D eigenvalue weighted by Gasteiger charge is 2.37. The van der Waals surface area contributed by atoms with Crippen LogP contribution in [0.3, 0.4) is 0 Å². The zero-order valence-electron chi connectivity index (χ0n) is 11.2. The third kappa shape index (κ3) is 4.15. The van der Waals surface area contributed by atoms with E-state index in [0.717, 1.165) is 6.42 Å². The summed E-state index contributed by atoms with van der Waals surface area (Å²) in [5.74, 6) is 0. The highest BCUT2D eigenvalue weighted by atomic mass is 16.5. The molecular formula is C12H26N2O4. The molecule has 1 aliphatic rings. The maximum atomic E-state index is 9.97. The minimum Gasteiger partial charge on any atom is -0.395 e. The third-order valence-corrected chi connectivity index (χ3v) is 3.70. The number of hydrogen-bond acceptors (Lipinski definition) is 6. The van der Waals surface area contributed by atoms with Gasteiger partial charge in [0.2, 0.25) is 0 Å². The van der Waals surface area contributed by atoms with Crippen molar-refractivity contribution < 1.29 is 20.1 Å². The van der Waals surface area contributed by atoms with Crippen LogP contribution in [0.15, 0.2) is 0 Å². The number of rotatable bonds is 7. The van der Waals surface area contributed by atoms with Gasteiger partial charge in [-0.05, 0) is 19.9 Å². The molecule has 0 heterocycles. The van der Waals surface area contributed by atoms with Gasteiger partial charge in [0.1, 0.15) is 0 Å². The summed E-state index contributed by atoms with van der Waals surface area (Å²) in [4.78, 5) is 2.08. The van der Waals surface area contributed by atoms with Crippen LogP contribution in [0.4, 0.5) is 0 Å². The van der Waals surface area contributed by atoms with E-state index in [9.17, 15) is 5.11 Å². The largest absolute Gasteiger partial charge is 0.395 e. The monoisotopic (exact) mass is 262 g/mol. The van der Waals surface area contributed by atoms with E-state index in [2.05, 4.69) is 10.2 Å². The van der Waals surface area contributed by atoms with Crippen molar-refractivity contribution in [2.45, 2.75) is 37.1 Å². The quantitative estimate of drug-likeness (QED) is 0.442. The summed E-state index contributed by atoms with van der Waals surface area (Å²) >= 11 is 0. The molecular weight excluding hydrogens is 236 g/mol. The molecule has 0 unspecified atom stereocenters. The van der Waals surface area contributed by atoms with Gasteiger partial charge in [-0.1, -0.05) is 0 Å². The van der Waals surface area contributed by atoms with Crippen LogP contribution in [-0.2, 0) is 4.74 Å². The predicted octanol–water partition coefficient (Wildman–Crippen LogP) is -1.60. The van der Waals surface area contributed by atoms with Crippen molar-refractivity contribution in [3.63, 3.8) is 0 Å². The van der Waals surface area contributed by atoms with Crippen molar-refractivity contribution in [2.75, 3.05) is 40.5 Å². The van der Waals surface area contributed by atoms with Crippen LogP contribution in [0.5, 0.6) is 0 Å². The number of nitrogens with zero attached hydrogens (tertiary/aromatic N) is 1. The smallest absolute Gasteiger partial charge is 0.0846 e. The van der Waals surface area contributed by atoms with E-state index in [-0.39, 0.29) is 31.4 Å². The summed E-state index contributed by atoms with van der Waals surface area (Å²) in [5.41, 5.74) is 0. The second-order valence-electron chi connectivity index (χ2n) is 4.87. The number of aliphatic hydroxyl groups is 3. The van der Waals surface area contributed by atoms with Crippen LogP contribution in [0.1, 0.15) is 12.8 Å². The zero-order valence-corrected chi connectivity index (χ0v) is 11.2. The van der Waals surface area contributed by atoms with E-state index in [4.69, 9.17) is 14.9 Å². The van der Waals surface area contributed by atoms with Gasteiger partial charge in [-0.15, -0.1) is 0 Å². The molecule has 6 nitrogen and oxygen atoms in total. The van der Waals surface area contributed by atoms with Crippen LogP contribution in [0.25, 0.3) is 0 Å². The van der Waals surface area contributed by atoms with Crippen molar-refractivity contribution in [1.82, 2.24) is 10.2 Å². The molecule has 0 spiro atoms. The Morgan fingerprint density at radius 2 is 2.00 bits per heavy atom. The summed E-state index contributed by atoms with van der Waals surface area (Å²) < 4.78 is 5.30. The fourth-order valence-corrected chi connectivity index (χ4v) is 2.66. The molecule has 1 aliphatic carbocycles. The van der Waals surface area contributed by atoms with Crippen molar-refractivity contribution >= 4 is 0 Å². The average molecular weight is 262 g/mol. The molecule has 0 aromatic rings. The minimum absolute atomic E-state index is 0.0801. The lowest BCUT2D eigenvalue weighted by molar-refractivity contribution is -0.0688. The van der Waals surface area contributed by atoms with Gasteiger partial charge in [-0.25, -0.2) is 0 Å². The summed E-state index contributed by atoms with van der Waals surface area (Å²) in [5, 5.41) is 31.1. The molecule has 0 bridgehead atoms. The molecule has 108 valence electrons. The number of likely N-dealkylation sites (N-methyl/N-ethyl adjacent to an activating group) is 1. The van der Waals surface area contributed by atoms with E-state index in [1.807, 2.05) is 7.05 Å². The van der Waals surface area contributed by atoms with Crippen LogP contribution < -0.4 is 5.32 Å². The first-order valence-electron chi connectivity index (χ1n) is 6.50. The van der Waals surface area contributed by atoms with Crippen LogP contribution >= 0.6 is 0 Å². The molecule has 1 rings (SSSR count). The summed E-state index contributed by atoms with van der Waals surface area (Å²) in [7, 11) is 3.57. The van der Waals surface area contributed by atoms with Gasteiger partial charge in [0, 0.05) is 32.3 Å². The first-order chi connectivity index (χ1) is 8.63. The topological polar surface area (TPSA) is 85.2 Å². The van der Waals surface area contributed by atoms with Crippen LogP contribution in [0, 0.1) is 0 Å². The Hall–Kier alpha value is -0.240. The van der Waals surface area contributed by atoms with Crippen LogP contribution in [0.2, 0.25) is 0 Å². The van der Waals surface area contributed by atoms with E-state index >= 15 is 0 Å². The number of ether oxygens (including phenoxy) is 1. The SMILES string of the molecule is CO[C@@H]1C[C@H](N(C)CCO)[C@H](NCCO)C[C@@H]1O. The van der Waals surface area contributed by atoms with E-state index in [0.29, 0.717) is 19.5 Å². The fourth-order valence-electron chi connectivity index (χ4n) is 2.66. The number of aliphatic hydroxyl groups excluding tert-OH is 3. The predicted molar refractivity (Wildman–Crippen MR) is 68.4 cm³/mol. The summed E-state index contributed by atoms with van der Waals surface area (Å²) in [6.07, 6.45) is 0.671. The van der Waals surface area contributed by atoms with E-state index in [1.54, 1.807) is 7.11 Å². The lowest BCUT2D eigenvalue weighted by Crippen LogP contribution is -2.58. The zero-order chi connectivity index (χ0) is 13.5. The second kappa shape index (κ2) is 8.04. The molecule has 6 heteroatoms. The van der Waals surface area contributed by atoms with E-state index < -0.39 is 6.10 Å². The summed E-state index contributed by atoms with van der Waals surface area (Å²) in [6, 6.07) is 0.298. The maximum Gasteiger partial charge on any atom is 0.0846 e. The standard InChI is InChI=1S/C12H26N2O4/c1-14(4-6-16)10-8-12(18-2)11(17)7-9(10)13-3-5-15/h9-13,15-17H,3-8H2,1-2H3/t9-,10+,11+,12-/m1/s1. The van der Waals surface area contributed by atoms with Gasteiger partial charge in [0.05, 0.1) is 25.4 Å².